The lowest BCUT2D eigenvalue weighted by molar-refractivity contribution is -0.446. The molecule has 20 nitrogen and oxygen atoms in total. The van der Waals surface area contributed by atoms with Crippen LogP contribution in [0.3, 0.4) is 0 Å². The summed E-state index contributed by atoms with van der Waals surface area (Å²) < 4.78 is 96.4. The summed E-state index contributed by atoms with van der Waals surface area (Å²) in [7, 11) is 1.27. The van der Waals surface area contributed by atoms with Gasteiger partial charge >= 0.3 is 10.4 Å². The highest BCUT2D eigenvalue weighted by Crippen LogP contribution is 2.50. The molecule has 2 aromatic heterocycles. The number of ether oxygens (including phenoxy) is 6. The topological polar surface area (TPSA) is 272 Å². The van der Waals surface area contributed by atoms with Gasteiger partial charge in [-0.1, -0.05) is 36.4 Å². The van der Waals surface area contributed by atoms with Crippen molar-refractivity contribution in [3.8, 4) is 57.5 Å². The number of aromatic nitrogens is 2. The van der Waals surface area contributed by atoms with Gasteiger partial charge in [-0.15, -0.1) is 0 Å². The Morgan fingerprint density at radius 2 is 0.942 bits per heavy atom. The molecule has 6 aromatic carbocycles. The first kappa shape index (κ1) is 63.5. The number of phenols is 1. The van der Waals surface area contributed by atoms with Crippen LogP contribution in [0, 0.1) is 22.5 Å². The summed E-state index contributed by atoms with van der Waals surface area (Å²) in [5.41, 5.74) is 0.892. The van der Waals surface area contributed by atoms with Crippen molar-refractivity contribution in [3.05, 3.63) is 168 Å². The molecule has 0 unspecified atom stereocenters. The van der Waals surface area contributed by atoms with E-state index in [1.165, 1.54) is 25.3 Å². The first-order valence-corrected chi connectivity index (χ1v) is 28.7. The van der Waals surface area contributed by atoms with Crippen molar-refractivity contribution in [2.75, 3.05) is 28.4 Å². The van der Waals surface area contributed by atoms with E-state index in [1.54, 1.807) is 141 Å². The highest BCUT2D eigenvalue weighted by atomic mass is 127. The molecule has 0 spiro atoms. The number of ketones is 4. The minimum Gasteiger partial charge on any atom is -0.508 e. The number of benzene rings is 6. The molecule has 0 saturated heterocycles. The molecule has 2 aliphatic carbocycles. The van der Waals surface area contributed by atoms with Gasteiger partial charge in [0.2, 0.25) is 0 Å². The van der Waals surface area contributed by atoms with E-state index >= 15 is 0 Å². The molecule has 2 heterocycles. The number of rotatable bonds is 23. The number of pyridine rings is 2. The Labute approximate surface area is 509 Å². The highest BCUT2D eigenvalue weighted by Gasteiger charge is 2.55. The SMILES string of the molecule is COc1cc2nccc(Oc3ccc(CC(=O)C4(C(=O)Cc5ccc(F)cc5O)CC4)cc3)c2cc1OC.COc1cc2nccc(Oc3ccc(CC(=O)C4(C(=O)Cc5ccc(F)cc5OS(=O)(=O)O)CC4)cc3)c2cc1OC.OOOC(=S)I. The number of thiocarbonyl (C=S) groups is 1. The fraction of sp³-hybridized carbons (Fsp3) is 0.230. The first-order chi connectivity index (χ1) is 41.1. The van der Waals surface area contributed by atoms with Crippen LogP contribution in [0.1, 0.15) is 47.9 Å². The quantitative estimate of drug-likeness (QED) is 0.0102. The minimum atomic E-state index is -4.94. The van der Waals surface area contributed by atoms with E-state index in [2.05, 4.69) is 36.3 Å². The van der Waals surface area contributed by atoms with Gasteiger partial charge in [-0.3, -0.25) is 38.6 Å². The average molecular weight is 1330 g/mol. The number of hydrogen-bond donors (Lipinski definition) is 3. The molecule has 8 aromatic rings. The van der Waals surface area contributed by atoms with Gasteiger partial charge in [-0.2, -0.15) is 8.42 Å². The standard InChI is InChI=1S/C30H26FNO9S.C30H26FNO6.CHIO3S/c1-38-26-16-22-23(17-27(26)39-2)32-12-9-24(22)40-21-7-3-18(4-8-21)13-28(33)30(10-11-30)29(34)14-19-5-6-20(31)15-25(19)41-42(35,36)37;1-36-26-16-22-23(17-27(26)37-2)32-12-9-25(22)38-21-7-3-18(4-8-21)13-28(34)30(10-11-30)29(35)14-19-5-6-20(31)15-24(19)33;2-1(6)4-5-3/h3-9,12,15-17H,10-11,13-14H2,1-2H3,(H,35,36,37);3-9,12,15-17,33H,10-11,13-14H2,1-2H3;3H. The van der Waals surface area contributed by atoms with E-state index in [-0.39, 0.29) is 57.4 Å². The van der Waals surface area contributed by atoms with Crippen LogP contribution in [0.15, 0.2) is 134 Å². The number of halogens is 3. The van der Waals surface area contributed by atoms with Gasteiger partial charge in [0.05, 0.1) is 50.3 Å². The number of carbonyl (C=O) groups excluding carboxylic acids is 4. The predicted molar refractivity (Wildman–Crippen MR) is 319 cm³/mol. The Morgan fingerprint density at radius 3 is 1.31 bits per heavy atom. The molecule has 3 N–H and O–H groups in total. The van der Waals surface area contributed by atoms with Gasteiger partial charge < -0.3 is 37.7 Å². The molecular formula is C61H53F2IN2O18S2. The monoisotopic (exact) mass is 1330 g/mol. The molecule has 2 fully saturated rings. The van der Waals surface area contributed by atoms with Crippen LogP contribution in [0.25, 0.3) is 21.8 Å². The molecule has 0 aliphatic heterocycles. The van der Waals surface area contributed by atoms with Crippen LogP contribution in [0.5, 0.6) is 57.5 Å². The Kier molecular flexibility index (Phi) is 20.5. The van der Waals surface area contributed by atoms with Gasteiger partial charge in [-0.05, 0) is 115 Å². The molecule has 0 bridgehead atoms. The van der Waals surface area contributed by atoms with Gasteiger partial charge in [0.25, 0.3) is 3.06 Å². The maximum absolute atomic E-state index is 13.6. The van der Waals surface area contributed by atoms with Gasteiger partial charge in [0.15, 0.2) is 51.9 Å². The third-order valence-corrected chi connectivity index (χ3v) is 14.8. The summed E-state index contributed by atoms with van der Waals surface area (Å²) in [6.07, 6.45) is 4.57. The third-order valence-electron chi connectivity index (χ3n) is 14.2. The maximum Gasteiger partial charge on any atom is 0.446 e. The number of fused-ring (bicyclic) bond motifs is 2. The smallest absolute Gasteiger partial charge is 0.446 e. The van der Waals surface area contributed by atoms with Gasteiger partial charge in [0.1, 0.15) is 40.4 Å². The molecule has 0 atom stereocenters. The lowest BCUT2D eigenvalue weighted by atomic mass is 9.87. The number of aromatic hydroxyl groups is 1. The molecule has 2 aliphatic rings. The van der Waals surface area contributed by atoms with Crippen molar-refractivity contribution in [1.82, 2.24) is 9.97 Å². The lowest BCUT2D eigenvalue weighted by Crippen LogP contribution is -2.29. The largest absolute Gasteiger partial charge is 0.508 e. The lowest BCUT2D eigenvalue weighted by Gasteiger charge is -2.15. The Balaban J connectivity index is 0.000000205. The van der Waals surface area contributed by atoms with Crippen molar-refractivity contribution in [2.45, 2.75) is 51.4 Å². The van der Waals surface area contributed by atoms with Crippen molar-refractivity contribution in [3.63, 3.8) is 0 Å². The summed E-state index contributed by atoms with van der Waals surface area (Å²) in [6.45, 7) is 0. The molecule has 10 rings (SSSR count). The van der Waals surface area contributed by atoms with Crippen molar-refractivity contribution >= 4 is 93.2 Å². The van der Waals surface area contributed by atoms with Crippen LogP contribution in [0.4, 0.5) is 8.78 Å². The van der Waals surface area contributed by atoms with Crippen molar-refractivity contribution < 1.29 is 93.8 Å². The Hall–Kier alpha value is -8.47. The molecule has 448 valence electrons. The van der Waals surface area contributed by atoms with Crippen LogP contribution in [-0.2, 0) is 65.2 Å². The zero-order valence-electron chi connectivity index (χ0n) is 46.2. The molecule has 86 heavy (non-hydrogen) atoms. The fourth-order valence-corrected chi connectivity index (χ4v) is 9.82. The molecule has 25 heteroatoms. The predicted octanol–water partition coefficient (Wildman–Crippen LogP) is 11.8. The summed E-state index contributed by atoms with van der Waals surface area (Å²) >= 11 is 5.94. The zero-order chi connectivity index (χ0) is 61.9. The maximum atomic E-state index is 13.6. The number of hydrogen-bond acceptors (Lipinski definition) is 20. The Bertz CT molecular complexity index is 3980. The molecular weight excluding hydrogens is 1280 g/mol. The number of nitrogens with zero attached hydrogens (tertiary/aromatic N) is 2. The van der Waals surface area contributed by atoms with Crippen LogP contribution < -0.4 is 32.6 Å². The van der Waals surface area contributed by atoms with E-state index in [9.17, 15) is 41.5 Å². The molecule has 0 amide bonds. The van der Waals surface area contributed by atoms with E-state index < -0.39 is 44.4 Å². The van der Waals surface area contributed by atoms with E-state index in [4.69, 9.17) is 38.2 Å². The Morgan fingerprint density at radius 1 is 0.547 bits per heavy atom. The summed E-state index contributed by atoms with van der Waals surface area (Å²) in [5.74, 6) is 1.13. The van der Waals surface area contributed by atoms with E-state index in [0.29, 0.717) is 93.8 Å². The second-order valence-electron chi connectivity index (χ2n) is 19.6. The van der Waals surface area contributed by atoms with Crippen molar-refractivity contribution in [1.29, 1.82) is 0 Å². The van der Waals surface area contributed by atoms with E-state index in [0.717, 1.165) is 34.5 Å². The highest BCUT2D eigenvalue weighted by molar-refractivity contribution is 14.1. The summed E-state index contributed by atoms with van der Waals surface area (Å²) in [6, 6.07) is 31.1. The van der Waals surface area contributed by atoms with Gasteiger partial charge in [0, 0.05) is 107 Å². The van der Waals surface area contributed by atoms with Crippen LogP contribution in [-0.4, -0.2) is 87.9 Å². The minimum absolute atomic E-state index is 0.000997. The number of carbonyl (C=O) groups is 4. The zero-order valence-corrected chi connectivity index (χ0v) is 50.0. The van der Waals surface area contributed by atoms with Crippen molar-refractivity contribution in [2.24, 2.45) is 10.8 Å². The summed E-state index contributed by atoms with van der Waals surface area (Å²) in [5, 5.41) is 22.0. The summed E-state index contributed by atoms with van der Waals surface area (Å²) in [4.78, 5) is 65.0. The molecule has 0 radical (unpaired) electrons. The van der Waals surface area contributed by atoms with Gasteiger partial charge in [-0.25, -0.2) is 14.0 Å². The second kappa shape index (κ2) is 27.7. The van der Waals surface area contributed by atoms with Crippen LogP contribution in [0.2, 0.25) is 0 Å². The fourth-order valence-electron chi connectivity index (χ4n) is 9.33. The first-order valence-electron chi connectivity index (χ1n) is 25.9. The number of methoxy groups -OCH3 is 4. The van der Waals surface area contributed by atoms with E-state index in [1.807, 2.05) is 0 Å². The third kappa shape index (κ3) is 15.7. The number of phenolic OH excluding ortho intramolecular Hbond substituents is 1. The van der Waals surface area contributed by atoms with Crippen LogP contribution >= 0.6 is 34.8 Å². The average Bonchev–Trinajstić information content (AvgIpc) is 4.05. The number of Topliss-reactive ketones (excluding diaryl/α,β-unsaturated/α-hetero) is 4. The normalized spacial score (nSPS) is 13.3. The molecule has 2 saturated carbocycles. The second-order valence-corrected chi connectivity index (χ2v) is 22.7.